The summed E-state index contributed by atoms with van der Waals surface area (Å²) in [6.45, 7) is 7.18. The maximum absolute atomic E-state index is 4.76. The molecule has 0 bridgehead atoms. The molecule has 2 aromatic carbocycles. The van der Waals surface area contributed by atoms with Crippen LogP contribution in [0.2, 0.25) is 0 Å². The Morgan fingerprint density at radius 1 is 0.846 bits per heavy atom. The van der Waals surface area contributed by atoms with Crippen LogP contribution >= 0.6 is 11.3 Å². The zero-order valence-corrected chi connectivity index (χ0v) is 16.2. The fraction of sp³-hybridized carbons (Fsp3) is 0.227. The normalized spacial score (nSPS) is 11.0. The van der Waals surface area contributed by atoms with Crippen molar-refractivity contribution in [1.82, 2.24) is 0 Å². The molecule has 3 rings (SSSR count). The Hall–Kier alpha value is -2.59. The molecule has 0 unspecified atom stereocenters. The van der Waals surface area contributed by atoms with Crippen molar-refractivity contribution in [2.75, 3.05) is 23.0 Å². The van der Waals surface area contributed by atoms with Crippen LogP contribution in [0.1, 0.15) is 24.3 Å². The number of thiophene rings is 1. The van der Waals surface area contributed by atoms with Crippen LogP contribution < -0.4 is 9.91 Å². The maximum Gasteiger partial charge on any atom is 0.0759 e. The van der Waals surface area contributed by atoms with Crippen LogP contribution in [-0.2, 0) is 6.54 Å². The monoisotopic (exact) mass is 363 g/mol. The van der Waals surface area contributed by atoms with Crippen LogP contribution in [-0.4, -0.2) is 19.3 Å². The van der Waals surface area contributed by atoms with Gasteiger partial charge in [0.2, 0.25) is 0 Å². The number of hydrogen-bond donors (Lipinski definition) is 0. The molecule has 3 nitrogen and oxygen atoms in total. The van der Waals surface area contributed by atoms with Crippen molar-refractivity contribution in [3.8, 4) is 0 Å². The molecular weight excluding hydrogens is 338 g/mol. The van der Waals surface area contributed by atoms with E-state index in [0.29, 0.717) is 0 Å². The van der Waals surface area contributed by atoms with Gasteiger partial charge < -0.3 is 4.90 Å². The van der Waals surface area contributed by atoms with Gasteiger partial charge in [0.25, 0.3) is 0 Å². The first-order valence-corrected chi connectivity index (χ1v) is 9.92. The van der Waals surface area contributed by atoms with Crippen molar-refractivity contribution < 1.29 is 0 Å². The molecule has 1 aromatic heterocycles. The van der Waals surface area contributed by atoms with Crippen molar-refractivity contribution in [3.05, 3.63) is 82.6 Å². The van der Waals surface area contributed by atoms with E-state index < -0.39 is 0 Å². The van der Waals surface area contributed by atoms with Crippen molar-refractivity contribution in [2.24, 2.45) is 5.10 Å². The highest BCUT2D eigenvalue weighted by Crippen LogP contribution is 2.20. The summed E-state index contributed by atoms with van der Waals surface area (Å²) in [4.78, 5) is 3.64. The predicted octanol–water partition coefficient (Wildman–Crippen LogP) is 5.64. The summed E-state index contributed by atoms with van der Waals surface area (Å²) < 4.78 is 0. The van der Waals surface area contributed by atoms with Crippen LogP contribution in [0.3, 0.4) is 0 Å². The molecule has 26 heavy (non-hydrogen) atoms. The summed E-state index contributed by atoms with van der Waals surface area (Å²) >= 11 is 1.76. The lowest BCUT2D eigenvalue weighted by atomic mass is 10.2. The second kappa shape index (κ2) is 9.20. The van der Waals surface area contributed by atoms with E-state index in [1.807, 2.05) is 29.4 Å². The van der Waals surface area contributed by atoms with Gasteiger partial charge in [-0.2, -0.15) is 5.10 Å². The highest BCUT2D eigenvalue weighted by molar-refractivity contribution is 7.09. The van der Waals surface area contributed by atoms with Crippen molar-refractivity contribution in [2.45, 2.75) is 20.4 Å². The van der Waals surface area contributed by atoms with E-state index in [0.717, 1.165) is 30.9 Å². The molecule has 0 saturated carbocycles. The number of benzene rings is 2. The predicted molar refractivity (Wildman–Crippen MR) is 115 cm³/mol. The molecule has 4 heteroatoms. The van der Waals surface area contributed by atoms with Crippen LogP contribution in [0, 0.1) is 0 Å². The molecule has 134 valence electrons. The quantitative estimate of drug-likeness (QED) is 0.381. The molecule has 0 radical (unpaired) electrons. The van der Waals surface area contributed by atoms with E-state index in [-0.39, 0.29) is 0 Å². The third-order valence-electron chi connectivity index (χ3n) is 4.31. The van der Waals surface area contributed by atoms with E-state index in [1.165, 1.54) is 10.6 Å². The van der Waals surface area contributed by atoms with E-state index in [2.05, 4.69) is 72.7 Å². The summed E-state index contributed by atoms with van der Waals surface area (Å²) in [5, 5.41) is 8.91. The van der Waals surface area contributed by atoms with E-state index in [1.54, 1.807) is 11.3 Å². The first-order chi connectivity index (χ1) is 12.8. The van der Waals surface area contributed by atoms with Gasteiger partial charge in [-0.05, 0) is 55.1 Å². The Morgan fingerprint density at radius 3 is 2.19 bits per heavy atom. The van der Waals surface area contributed by atoms with E-state index in [9.17, 15) is 0 Å². The number of para-hydroxylation sites is 1. The number of anilines is 2. The first-order valence-electron chi connectivity index (χ1n) is 9.04. The minimum absolute atomic E-state index is 0.774. The molecule has 0 saturated heterocycles. The van der Waals surface area contributed by atoms with Gasteiger partial charge in [0, 0.05) is 23.7 Å². The van der Waals surface area contributed by atoms with Gasteiger partial charge in [0.15, 0.2) is 0 Å². The Balaban J connectivity index is 1.77. The van der Waals surface area contributed by atoms with Crippen molar-refractivity contribution >= 4 is 28.9 Å². The van der Waals surface area contributed by atoms with Crippen molar-refractivity contribution in [3.63, 3.8) is 0 Å². The number of nitrogens with zero attached hydrogens (tertiary/aromatic N) is 3. The smallest absolute Gasteiger partial charge is 0.0759 e. The minimum Gasteiger partial charge on any atom is -0.372 e. The molecule has 1 heterocycles. The lowest BCUT2D eigenvalue weighted by Gasteiger charge is -2.21. The molecule has 0 aliphatic heterocycles. The molecule has 0 aliphatic rings. The summed E-state index contributed by atoms with van der Waals surface area (Å²) in [5.41, 5.74) is 3.45. The Labute approximate surface area is 160 Å². The molecule has 0 spiro atoms. The lowest BCUT2D eigenvalue weighted by Crippen LogP contribution is -2.21. The van der Waals surface area contributed by atoms with Crippen LogP contribution in [0.5, 0.6) is 0 Å². The molecule has 0 N–H and O–H groups in total. The number of hydrogen-bond acceptors (Lipinski definition) is 4. The Bertz CT molecular complexity index is 791. The van der Waals surface area contributed by atoms with Gasteiger partial charge in [-0.1, -0.05) is 36.4 Å². The minimum atomic E-state index is 0.774. The van der Waals surface area contributed by atoms with Gasteiger partial charge in [-0.15, -0.1) is 11.3 Å². The summed E-state index contributed by atoms with van der Waals surface area (Å²) in [5.74, 6) is 0. The average molecular weight is 364 g/mol. The van der Waals surface area contributed by atoms with Crippen LogP contribution in [0.4, 0.5) is 11.4 Å². The molecular formula is C22H25N3S. The molecule has 0 atom stereocenters. The SMILES string of the molecule is CCN(CC)c1ccc(C=NN(Cc2cccs2)c2ccccc2)cc1. The molecule has 0 amide bonds. The summed E-state index contributed by atoms with van der Waals surface area (Å²) in [6, 6.07) is 23.1. The zero-order valence-electron chi connectivity index (χ0n) is 15.4. The Kier molecular flexibility index (Phi) is 6.45. The average Bonchev–Trinajstić information content (AvgIpc) is 3.21. The summed E-state index contributed by atoms with van der Waals surface area (Å²) in [6.07, 6.45) is 1.94. The van der Waals surface area contributed by atoms with Crippen LogP contribution in [0.15, 0.2) is 77.2 Å². The van der Waals surface area contributed by atoms with E-state index >= 15 is 0 Å². The second-order valence-corrected chi connectivity index (χ2v) is 7.01. The fourth-order valence-corrected chi connectivity index (χ4v) is 3.53. The first kappa shape index (κ1) is 18.2. The Morgan fingerprint density at radius 2 is 1.58 bits per heavy atom. The maximum atomic E-state index is 4.76. The third-order valence-corrected chi connectivity index (χ3v) is 5.17. The molecule has 0 aliphatic carbocycles. The van der Waals surface area contributed by atoms with Crippen molar-refractivity contribution in [1.29, 1.82) is 0 Å². The highest BCUT2D eigenvalue weighted by atomic mass is 32.1. The topological polar surface area (TPSA) is 18.8 Å². The van der Waals surface area contributed by atoms with Gasteiger partial charge in [0.05, 0.1) is 18.4 Å². The van der Waals surface area contributed by atoms with Gasteiger partial charge in [-0.25, -0.2) is 0 Å². The van der Waals surface area contributed by atoms with E-state index in [4.69, 9.17) is 5.10 Å². The van der Waals surface area contributed by atoms with Crippen LogP contribution in [0.25, 0.3) is 0 Å². The molecule has 3 aromatic rings. The van der Waals surface area contributed by atoms with Gasteiger partial charge in [0.1, 0.15) is 0 Å². The third kappa shape index (κ3) is 4.73. The zero-order chi connectivity index (χ0) is 18.2. The number of rotatable bonds is 8. The standard InChI is InChI=1S/C22H25N3S/c1-3-24(4-2)20-14-12-19(13-15-20)17-23-25(18-22-11-8-16-26-22)21-9-6-5-7-10-21/h5-17H,3-4,18H2,1-2H3. The largest absolute Gasteiger partial charge is 0.372 e. The fourth-order valence-electron chi connectivity index (χ4n) is 2.85. The summed E-state index contributed by atoms with van der Waals surface area (Å²) in [7, 11) is 0. The second-order valence-electron chi connectivity index (χ2n) is 5.98. The highest BCUT2D eigenvalue weighted by Gasteiger charge is 2.06. The lowest BCUT2D eigenvalue weighted by molar-refractivity contribution is 0.866. The van der Waals surface area contributed by atoms with Gasteiger partial charge >= 0.3 is 0 Å². The number of hydrazone groups is 1. The van der Waals surface area contributed by atoms with Gasteiger partial charge in [-0.3, -0.25) is 5.01 Å². The molecule has 0 fully saturated rings.